The van der Waals surface area contributed by atoms with Crippen LogP contribution in [0.4, 0.5) is 14.5 Å². The molecule has 0 atom stereocenters. The van der Waals surface area contributed by atoms with Crippen LogP contribution in [0, 0.1) is 11.6 Å². The molecule has 0 fully saturated rings. The van der Waals surface area contributed by atoms with Gasteiger partial charge in [0.2, 0.25) is 0 Å². The Bertz CT molecular complexity index is 710. The molecule has 0 bridgehead atoms. The van der Waals surface area contributed by atoms with Crippen molar-refractivity contribution in [2.24, 2.45) is 0 Å². The lowest BCUT2D eigenvalue weighted by molar-refractivity contribution is 0.0464. The summed E-state index contributed by atoms with van der Waals surface area (Å²) in [6.07, 6.45) is 0. The number of hydrogen-bond acceptors (Lipinski definition) is 3. The molecular formula is C14H9BrClF2NO2. The highest BCUT2D eigenvalue weighted by Crippen LogP contribution is 2.23. The lowest BCUT2D eigenvalue weighted by Crippen LogP contribution is -2.08. The Morgan fingerprint density at radius 2 is 2.00 bits per heavy atom. The first-order valence-corrected chi connectivity index (χ1v) is 6.91. The zero-order valence-corrected chi connectivity index (χ0v) is 12.8. The fraction of sp³-hybridized carbons (Fsp3) is 0.0714. The van der Waals surface area contributed by atoms with Crippen LogP contribution in [0.1, 0.15) is 15.9 Å². The minimum absolute atomic E-state index is 0.0886. The van der Waals surface area contributed by atoms with Crippen molar-refractivity contribution >= 4 is 39.2 Å². The molecule has 0 amide bonds. The third kappa shape index (κ3) is 3.51. The Morgan fingerprint density at radius 3 is 2.67 bits per heavy atom. The number of hydrogen-bond donors (Lipinski definition) is 1. The number of rotatable bonds is 3. The fourth-order valence-electron chi connectivity index (χ4n) is 1.59. The normalized spacial score (nSPS) is 10.5. The van der Waals surface area contributed by atoms with Crippen molar-refractivity contribution in [1.29, 1.82) is 0 Å². The first kappa shape index (κ1) is 15.7. The SMILES string of the molecule is Nc1cc(C(=O)OCc2c(F)ccc(Br)c2F)ccc1Cl. The minimum Gasteiger partial charge on any atom is -0.457 e. The van der Waals surface area contributed by atoms with Crippen molar-refractivity contribution in [2.75, 3.05) is 5.73 Å². The molecular weight excluding hydrogens is 368 g/mol. The van der Waals surface area contributed by atoms with Gasteiger partial charge in [-0.3, -0.25) is 0 Å². The van der Waals surface area contributed by atoms with Crippen LogP contribution in [0.25, 0.3) is 0 Å². The average Bonchev–Trinajstić information content (AvgIpc) is 2.45. The number of benzene rings is 2. The summed E-state index contributed by atoms with van der Waals surface area (Å²) in [5, 5.41) is 0.302. The maximum atomic E-state index is 13.7. The van der Waals surface area contributed by atoms with E-state index in [9.17, 15) is 13.6 Å². The van der Waals surface area contributed by atoms with E-state index in [1.54, 1.807) is 0 Å². The highest BCUT2D eigenvalue weighted by atomic mass is 79.9. The summed E-state index contributed by atoms with van der Waals surface area (Å²) in [6, 6.07) is 6.49. The molecule has 0 radical (unpaired) electrons. The van der Waals surface area contributed by atoms with Crippen LogP contribution in [0.5, 0.6) is 0 Å². The van der Waals surface area contributed by atoms with E-state index in [-0.39, 0.29) is 21.3 Å². The van der Waals surface area contributed by atoms with Gasteiger partial charge in [-0.25, -0.2) is 13.6 Å². The second kappa shape index (κ2) is 6.41. The number of nitrogens with two attached hydrogens (primary N) is 1. The number of nitrogen functional groups attached to an aromatic ring is 1. The Morgan fingerprint density at radius 1 is 1.29 bits per heavy atom. The van der Waals surface area contributed by atoms with Gasteiger partial charge in [-0.05, 0) is 46.3 Å². The molecule has 0 unspecified atom stereocenters. The van der Waals surface area contributed by atoms with Crippen LogP contribution in [-0.4, -0.2) is 5.97 Å². The molecule has 7 heteroatoms. The molecule has 110 valence electrons. The van der Waals surface area contributed by atoms with Gasteiger partial charge in [0.1, 0.15) is 18.2 Å². The predicted molar refractivity (Wildman–Crippen MR) is 79.0 cm³/mol. The van der Waals surface area contributed by atoms with Gasteiger partial charge in [-0.15, -0.1) is 0 Å². The Balaban J connectivity index is 2.15. The van der Waals surface area contributed by atoms with Gasteiger partial charge < -0.3 is 10.5 Å². The van der Waals surface area contributed by atoms with E-state index in [2.05, 4.69) is 15.9 Å². The number of carbonyl (C=O) groups is 1. The third-order valence-corrected chi connectivity index (χ3v) is 3.67. The number of esters is 1. The van der Waals surface area contributed by atoms with Crippen LogP contribution in [-0.2, 0) is 11.3 Å². The van der Waals surface area contributed by atoms with Gasteiger partial charge in [0.05, 0.1) is 26.3 Å². The van der Waals surface area contributed by atoms with E-state index in [0.29, 0.717) is 5.02 Å². The second-order valence-electron chi connectivity index (χ2n) is 4.13. The van der Waals surface area contributed by atoms with Crippen molar-refractivity contribution in [3.05, 3.63) is 62.6 Å². The molecule has 0 saturated heterocycles. The summed E-state index contributed by atoms with van der Waals surface area (Å²) < 4.78 is 32.2. The topological polar surface area (TPSA) is 52.3 Å². The zero-order chi connectivity index (χ0) is 15.6. The lowest BCUT2D eigenvalue weighted by atomic mass is 10.2. The highest BCUT2D eigenvalue weighted by molar-refractivity contribution is 9.10. The summed E-state index contributed by atoms with van der Waals surface area (Å²) >= 11 is 8.67. The van der Waals surface area contributed by atoms with Crippen LogP contribution in [0.3, 0.4) is 0 Å². The quantitative estimate of drug-likeness (QED) is 0.493. The smallest absolute Gasteiger partial charge is 0.338 e. The predicted octanol–water partition coefficient (Wildman–Crippen LogP) is 4.32. The molecule has 0 saturated carbocycles. The molecule has 0 aliphatic carbocycles. The summed E-state index contributed by atoms with van der Waals surface area (Å²) in [5.74, 6) is -2.35. The van der Waals surface area contributed by atoms with Crippen molar-refractivity contribution < 1.29 is 18.3 Å². The molecule has 2 rings (SSSR count). The van der Waals surface area contributed by atoms with Crippen molar-refractivity contribution in [1.82, 2.24) is 0 Å². The van der Waals surface area contributed by atoms with Gasteiger partial charge in [-0.2, -0.15) is 0 Å². The van der Waals surface area contributed by atoms with Crippen molar-refractivity contribution in [3.8, 4) is 0 Å². The molecule has 3 nitrogen and oxygen atoms in total. The summed E-state index contributed by atoms with van der Waals surface area (Å²) in [5.41, 5.74) is 5.59. The number of anilines is 1. The molecule has 0 aliphatic rings. The maximum absolute atomic E-state index is 13.7. The summed E-state index contributed by atoms with van der Waals surface area (Å²) in [7, 11) is 0. The highest BCUT2D eigenvalue weighted by Gasteiger charge is 2.15. The third-order valence-electron chi connectivity index (χ3n) is 2.72. The van der Waals surface area contributed by atoms with Gasteiger partial charge in [0.25, 0.3) is 0 Å². The Kier molecular flexibility index (Phi) is 4.80. The van der Waals surface area contributed by atoms with Crippen LogP contribution in [0.15, 0.2) is 34.8 Å². The van der Waals surface area contributed by atoms with E-state index in [1.165, 1.54) is 24.3 Å². The lowest BCUT2D eigenvalue weighted by Gasteiger charge is -2.08. The standard InChI is InChI=1S/C14H9BrClF2NO2/c15-9-2-4-11(17)8(13(9)18)6-21-14(20)7-1-3-10(16)12(19)5-7/h1-5H,6,19H2. The molecule has 0 heterocycles. The minimum atomic E-state index is -0.807. The number of carbonyl (C=O) groups excluding carboxylic acids is 1. The van der Waals surface area contributed by atoms with Gasteiger partial charge in [-0.1, -0.05) is 11.6 Å². The summed E-state index contributed by atoms with van der Waals surface area (Å²) in [4.78, 5) is 11.8. The van der Waals surface area contributed by atoms with Crippen LogP contribution < -0.4 is 5.73 Å². The summed E-state index contributed by atoms with van der Waals surface area (Å²) in [6.45, 7) is -0.529. The zero-order valence-electron chi connectivity index (χ0n) is 10.5. The molecule has 21 heavy (non-hydrogen) atoms. The second-order valence-corrected chi connectivity index (χ2v) is 5.40. The van der Waals surface area contributed by atoms with Crippen LogP contribution >= 0.6 is 27.5 Å². The first-order chi connectivity index (χ1) is 9.90. The van der Waals surface area contributed by atoms with Crippen molar-refractivity contribution in [3.63, 3.8) is 0 Å². The Labute approximate surface area is 132 Å². The van der Waals surface area contributed by atoms with E-state index in [4.69, 9.17) is 22.1 Å². The van der Waals surface area contributed by atoms with Gasteiger partial charge in [0, 0.05) is 0 Å². The maximum Gasteiger partial charge on any atom is 0.338 e. The van der Waals surface area contributed by atoms with E-state index in [0.717, 1.165) is 6.07 Å². The molecule has 2 aromatic carbocycles. The average molecular weight is 377 g/mol. The van der Waals surface area contributed by atoms with E-state index in [1.807, 2.05) is 0 Å². The monoisotopic (exact) mass is 375 g/mol. The molecule has 0 aliphatic heterocycles. The fourth-order valence-corrected chi connectivity index (χ4v) is 2.08. The van der Waals surface area contributed by atoms with Gasteiger partial charge in [0.15, 0.2) is 0 Å². The molecule has 2 N–H and O–H groups in total. The number of ether oxygens (including phenoxy) is 1. The molecule has 0 spiro atoms. The first-order valence-electron chi connectivity index (χ1n) is 5.74. The molecule has 0 aromatic heterocycles. The molecule has 2 aromatic rings. The van der Waals surface area contributed by atoms with E-state index >= 15 is 0 Å². The number of halogens is 4. The van der Waals surface area contributed by atoms with Crippen LogP contribution in [0.2, 0.25) is 5.02 Å². The van der Waals surface area contributed by atoms with E-state index < -0.39 is 24.2 Å². The van der Waals surface area contributed by atoms with Gasteiger partial charge >= 0.3 is 5.97 Å². The largest absolute Gasteiger partial charge is 0.457 e. The van der Waals surface area contributed by atoms with Crippen molar-refractivity contribution in [2.45, 2.75) is 6.61 Å². The Hall–Kier alpha value is -1.66.